The van der Waals surface area contributed by atoms with Crippen LogP contribution in [0.4, 0.5) is 0 Å². The van der Waals surface area contributed by atoms with E-state index in [4.69, 9.17) is 10.2 Å². The van der Waals surface area contributed by atoms with Crippen molar-refractivity contribution in [1.82, 2.24) is 4.98 Å². The zero-order chi connectivity index (χ0) is 11.3. The van der Waals surface area contributed by atoms with E-state index in [1.807, 2.05) is 0 Å². The first-order valence-electron chi connectivity index (χ1n) is 5.05. The molecule has 0 radical (unpaired) electrons. The predicted molar refractivity (Wildman–Crippen MR) is 57.3 cm³/mol. The van der Waals surface area contributed by atoms with Gasteiger partial charge >= 0.3 is 5.76 Å². The number of Topliss-reactive ketones (excluding diaryl/α,β-unsaturated/α-hetero) is 1. The van der Waals surface area contributed by atoms with Gasteiger partial charge in [-0.05, 0) is 31.0 Å². The number of carbonyl (C=O) groups excluding carboxylic acids is 1. The molecule has 0 atom stereocenters. The van der Waals surface area contributed by atoms with Crippen LogP contribution in [0.3, 0.4) is 0 Å². The number of fused-ring (bicyclic) bond motifs is 1. The Labute approximate surface area is 90.2 Å². The van der Waals surface area contributed by atoms with E-state index >= 15 is 0 Å². The number of ketones is 1. The lowest BCUT2D eigenvalue weighted by Gasteiger charge is -2.06. The maximum Gasteiger partial charge on any atom is 0.417 e. The average Bonchev–Trinajstić information content (AvgIpc) is 2.89. The molecule has 0 amide bonds. The van der Waals surface area contributed by atoms with Gasteiger partial charge in [-0.2, -0.15) is 0 Å². The summed E-state index contributed by atoms with van der Waals surface area (Å²) >= 11 is 0. The largest absolute Gasteiger partial charge is 0.417 e. The average molecular weight is 218 g/mol. The number of oxazole rings is 1. The monoisotopic (exact) mass is 218 g/mol. The van der Waals surface area contributed by atoms with Crippen LogP contribution in [0.5, 0.6) is 0 Å². The summed E-state index contributed by atoms with van der Waals surface area (Å²) in [6.45, 7) is 0. The molecular weight excluding hydrogens is 208 g/mol. The highest BCUT2D eigenvalue weighted by molar-refractivity contribution is 6.06. The molecule has 1 aromatic heterocycles. The molecule has 5 nitrogen and oxygen atoms in total. The van der Waals surface area contributed by atoms with Crippen molar-refractivity contribution in [2.24, 2.45) is 5.73 Å². The van der Waals surface area contributed by atoms with Crippen LogP contribution in [-0.2, 0) is 0 Å². The van der Waals surface area contributed by atoms with Crippen LogP contribution in [0.15, 0.2) is 27.4 Å². The van der Waals surface area contributed by atoms with Crippen molar-refractivity contribution in [1.29, 1.82) is 0 Å². The zero-order valence-electron chi connectivity index (χ0n) is 8.45. The van der Waals surface area contributed by atoms with Crippen LogP contribution < -0.4 is 11.5 Å². The van der Waals surface area contributed by atoms with Gasteiger partial charge in [0.25, 0.3) is 0 Å². The van der Waals surface area contributed by atoms with Gasteiger partial charge in [-0.15, -0.1) is 0 Å². The van der Waals surface area contributed by atoms with Gasteiger partial charge in [0.1, 0.15) is 0 Å². The number of aromatic amines is 1. The number of nitrogens with two attached hydrogens (primary N) is 1. The van der Waals surface area contributed by atoms with E-state index in [0.717, 1.165) is 12.8 Å². The molecule has 2 aromatic rings. The van der Waals surface area contributed by atoms with Gasteiger partial charge in [0.2, 0.25) is 0 Å². The Balaban J connectivity index is 2.11. The Morgan fingerprint density at radius 1 is 1.44 bits per heavy atom. The maximum absolute atomic E-state index is 11.9. The summed E-state index contributed by atoms with van der Waals surface area (Å²) < 4.78 is 4.89. The summed E-state index contributed by atoms with van der Waals surface area (Å²) in [6, 6.07) is 4.87. The molecule has 0 unspecified atom stereocenters. The third-order valence-corrected chi connectivity index (χ3v) is 2.92. The number of hydrogen-bond acceptors (Lipinski definition) is 4. The smallest absolute Gasteiger partial charge is 0.408 e. The molecule has 3 N–H and O–H groups in total. The van der Waals surface area contributed by atoms with Crippen LogP contribution in [0.25, 0.3) is 11.1 Å². The number of benzene rings is 1. The van der Waals surface area contributed by atoms with Crippen LogP contribution in [0.2, 0.25) is 0 Å². The lowest BCUT2D eigenvalue weighted by molar-refractivity contribution is 0.0949. The number of H-pyrrole nitrogens is 1. The minimum atomic E-state index is -0.690. The highest BCUT2D eigenvalue weighted by Gasteiger charge is 2.46. The Hall–Kier alpha value is -1.88. The SMILES string of the molecule is NC1(C(=O)c2ccc3[nH]c(=O)oc3c2)CC1. The van der Waals surface area contributed by atoms with Crippen molar-refractivity contribution in [3.63, 3.8) is 0 Å². The molecule has 1 aliphatic carbocycles. The third kappa shape index (κ3) is 1.29. The first kappa shape index (κ1) is 9.35. The van der Waals surface area contributed by atoms with Crippen molar-refractivity contribution in [2.45, 2.75) is 18.4 Å². The Bertz CT molecular complexity index is 634. The fourth-order valence-corrected chi connectivity index (χ4v) is 1.74. The number of nitrogens with one attached hydrogen (secondary N) is 1. The predicted octanol–water partition coefficient (Wildman–Crippen LogP) is 0.795. The van der Waals surface area contributed by atoms with E-state index < -0.39 is 11.3 Å². The van der Waals surface area contributed by atoms with E-state index in [0.29, 0.717) is 16.7 Å². The van der Waals surface area contributed by atoms with Crippen molar-refractivity contribution in [3.05, 3.63) is 34.3 Å². The van der Waals surface area contributed by atoms with Gasteiger partial charge in [0, 0.05) is 5.56 Å². The Morgan fingerprint density at radius 3 is 2.88 bits per heavy atom. The molecule has 0 bridgehead atoms. The van der Waals surface area contributed by atoms with Crippen LogP contribution >= 0.6 is 0 Å². The van der Waals surface area contributed by atoms with Gasteiger partial charge in [0.15, 0.2) is 11.4 Å². The number of rotatable bonds is 2. The molecule has 1 aromatic carbocycles. The number of carbonyl (C=O) groups is 1. The van der Waals surface area contributed by atoms with E-state index in [2.05, 4.69) is 4.98 Å². The second kappa shape index (κ2) is 2.82. The van der Waals surface area contributed by atoms with Crippen LogP contribution in [-0.4, -0.2) is 16.3 Å². The Kier molecular flexibility index (Phi) is 1.65. The standard InChI is InChI=1S/C11H10N2O3/c12-11(3-4-11)9(14)6-1-2-7-8(5-6)16-10(15)13-7/h1-2,5H,3-4,12H2,(H,13,15). The lowest BCUT2D eigenvalue weighted by Crippen LogP contribution is -2.32. The molecule has 0 saturated heterocycles. The molecule has 1 saturated carbocycles. The van der Waals surface area contributed by atoms with Crippen LogP contribution in [0.1, 0.15) is 23.2 Å². The van der Waals surface area contributed by atoms with Crippen molar-refractivity contribution in [3.8, 4) is 0 Å². The Morgan fingerprint density at radius 2 is 2.19 bits per heavy atom. The van der Waals surface area contributed by atoms with Crippen molar-refractivity contribution in [2.75, 3.05) is 0 Å². The molecule has 3 rings (SSSR count). The maximum atomic E-state index is 11.9. The second-order valence-electron chi connectivity index (χ2n) is 4.21. The minimum absolute atomic E-state index is 0.0850. The van der Waals surface area contributed by atoms with E-state index in [1.54, 1.807) is 18.2 Å². The third-order valence-electron chi connectivity index (χ3n) is 2.92. The topological polar surface area (TPSA) is 89.1 Å². The summed E-state index contributed by atoms with van der Waals surface area (Å²) in [5.74, 6) is -0.605. The molecule has 16 heavy (non-hydrogen) atoms. The molecule has 5 heteroatoms. The molecule has 82 valence electrons. The van der Waals surface area contributed by atoms with Gasteiger partial charge in [0.05, 0.1) is 11.1 Å². The molecule has 0 aliphatic heterocycles. The lowest BCUT2D eigenvalue weighted by atomic mass is 10.0. The van der Waals surface area contributed by atoms with Gasteiger partial charge in [-0.3, -0.25) is 9.78 Å². The van der Waals surface area contributed by atoms with Gasteiger partial charge in [-0.25, -0.2) is 4.79 Å². The summed E-state index contributed by atoms with van der Waals surface area (Å²) in [5, 5.41) is 0. The zero-order valence-corrected chi connectivity index (χ0v) is 8.45. The highest BCUT2D eigenvalue weighted by Crippen LogP contribution is 2.35. The summed E-state index contributed by atoms with van der Waals surface area (Å²) in [5.41, 5.74) is 6.60. The van der Waals surface area contributed by atoms with Crippen LogP contribution in [0, 0.1) is 0 Å². The minimum Gasteiger partial charge on any atom is -0.408 e. The van der Waals surface area contributed by atoms with Gasteiger partial charge < -0.3 is 10.2 Å². The normalized spacial score (nSPS) is 17.6. The quantitative estimate of drug-likeness (QED) is 0.729. The fourth-order valence-electron chi connectivity index (χ4n) is 1.74. The molecule has 1 aliphatic rings. The molecular formula is C11H10N2O3. The summed E-state index contributed by atoms with van der Waals surface area (Å²) in [4.78, 5) is 25.4. The van der Waals surface area contributed by atoms with Crippen molar-refractivity contribution >= 4 is 16.9 Å². The van der Waals surface area contributed by atoms with E-state index in [-0.39, 0.29) is 5.78 Å². The second-order valence-corrected chi connectivity index (χ2v) is 4.21. The highest BCUT2D eigenvalue weighted by atomic mass is 16.4. The van der Waals surface area contributed by atoms with E-state index in [1.165, 1.54) is 0 Å². The van der Waals surface area contributed by atoms with E-state index in [9.17, 15) is 9.59 Å². The summed E-state index contributed by atoms with van der Waals surface area (Å²) in [6.07, 6.45) is 1.45. The van der Waals surface area contributed by atoms with Crippen molar-refractivity contribution < 1.29 is 9.21 Å². The van der Waals surface area contributed by atoms with Gasteiger partial charge in [-0.1, -0.05) is 0 Å². The first-order valence-corrected chi connectivity index (χ1v) is 5.05. The fraction of sp³-hybridized carbons (Fsp3) is 0.273. The molecule has 0 spiro atoms. The molecule has 1 fully saturated rings. The molecule has 1 heterocycles. The first-order chi connectivity index (χ1) is 7.58. The summed E-state index contributed by atoms with van der Waals surface area (Å²) in [7, 11) is 0. The number of hydrogen-bond donors (Lipinski definition) is 2. The number of aromatic nitrogens is 1.